The molecule has 1 atom stereocenters. The van der Waals surface area contributed by atoms with Crippen LogP contribution in [0.4, 0.5) is 9.18 Å². The highest BCUT2D eigenvalue weighted by Gasteiger charge is 2.32. The number of nitrogens with one attached hydrogen (secondary N) is 1. The Morgan fingerprint density at radius 1 is 1.18 bits per heavy atom. The number of benzene rings is 1. The molecule has 1 aliphatic rings. The van der Waals surface area contributed by atoms with Gasteiger partial charge in [-0.2, -0.15) is 0 Å². The van der Waals surface area contributed by atoms with Crippen molar-refractivity contribution in [1.82, 2.24) is 19.7 Å². The van der Waals surface area contributed by atoms with Gasteiger partial charge in [-0.1, -0.05) is 12.1 Å². The van der Waals surface area contributed by atoms with Gasteiger partial charge in [0.1, 0.15) is 22.9 Å². The van der Waals surface area contributed by atoms with Crippen molar-refractivity contribution >= 4 is 39.5 Å². The molecule has 34 heavy (non-hydrogen) atoms. The third kappa shape index (κ3) is 5.06. The number of amides is 3. The third-order valence-corrected chi connectivity index (χ3v) is 6.79. The molecule has 4 rings (SSSR count). The van der Waals surface area contributed by atoms with Crippen LogP contribution in [0.5, 0.6) is 0 Å². The average Bonchev–Trinajstić information content (AvgIpc) is 3.41. The summed E-state index contributed by atoms with van der Waals surface area (Å²) in [5.41, 5.74) is 1.47. The van der Waals surface area contributed by atoms with Crippen LogP contribution in [0.3, 0.4) is 0 Å². The average molecular weight is 487 g/mol. The van der Waals surface area contributed by atoms with Gasteiger partial charge in [-0.25, -0.2) is 9.18 Å². The quantitative estimate of drug-likeness (QED) is 0.542. The van der Waals surface area contributed by atoms with Gasteiger partial charge >= 0.3 is 12.0 Å². The summed E-state index contributed by atoms with van der Waals surface area (Å²) < 4.78 is 20.2. The van der Waals surface area contributed by atoms with Gasteiger partial charge in [0.15, 0.2) is 0 Å². The van der Waals surface area contributed by atoms with Crippen molar-refractivity contribution in [3.05, 3.63) is 58.9 Å². The SMILES string of the molecule is CCOC(=O)CNC(=O)N1CCN(C(=O)c2cc3ccsc3n2Cc2ccc(F)cc2)CC1C. The number of nitrogens with zero attached hydrogens (tertiary/aromatic N) is 3. The molecule has 3 aromatic rings. The fraction of sp³-hybridized carbons (Fsp3) is 0.375. The topological polar surface area (TPSA) is 83.9 Å². The maximum Gasteiger partial charge on any atom is 0.325 e. The van der Waals surface area contributed by atoms with E-state index < -0.39 is 5.97 Å². The number of halogens is 1. The van der Waals surface area contributed by atoms with Crippen LogP contribution >= 0.6 is 11.3 Å². The van der Waals surface area contributed by atoms with E-state index in [1.54, 1.807) is 40.2 Å². The summed E-state index contributed by atoms with van der Waals surface area (Å²) in [5.74, 6) is -0.893. The maximum absolute atomic E-state index is 13.5. The summed E-state index contributed by atoms with van der Waals surface area (Å²) >= 11 is 1.56. The fourth-order valence-electron chi connectivity index (χ4n) is 4.15. The summed E-state index contributed by atoms with van der Waals surface area (Å²) in [6, 6.07) is 9.57. The number of carbonyl (C=O) groups excluding carboxylic acids is 3. The number of esters is 1. The van der Waals surface area contributed by atoms with Crippen LogP contribution in [-0.2, 0) is 16.1 Å². The minimum atomic E-state index is -0.487. The van der Waals surface area contributed by atoms with Crippen molar-refractivity contribution in [2.24, 2.45) is 0 Å². The molecule has 3 amide bonds. The number of fused-ring (bicyclic) bond motifs is 1. The zero-order valence-corrected chi connectivity index (χ0v) is 19.9. The molecule has 1 aliphatic heterocycles. The first-order valence-corrected chi connectivity index (χ1v) is 12.1. The second kappa shape index (κ2) is 10.3. The number of hydrogen-bond acceptors (Lipinski definition) is 5. The van der Waals surface area contributed by atoms with Crippen molar-refractivity contribution in [1.29, 1.82) is 0 Å². The molecule has 3 heterocycles. The molecule has 0 spiro atoms. The van der Waals surface area contributed by atoms with E-state index in [1.807, 2.05) is 29.0 Å². The lowest BCUT2D eigenvalue weighted by Gasteiger charge is -2.39. The Kier molecular flexibility index (Phi) is 7.16. The Morgan fingerprint density at radius 3 is 2.65 bits per heavy atom. The van der Waals surface area contributed by atoms with Gasteiger partial charge in [0.05, 0.1) is 6.61 Å². The lowest BCUT2D eigenvalue weighted by Crippen LogP contribution is -2.58. The largest absolute Gasteiger partial charge is 0.465 e. The smallest absolute Gasteiger partial charge is 0.325 e. The highest BCUT2D eigenvalue weighted by molar-refractivity contribution is 7.16. The first-order valence-electron chi connectivity index (χ1n) is 11.2. The van der Waals surface area contributed by atoms with Crippen LogP contribution in [0.15, 0.2) is 41.8 Å². The van der Waals surface area contributed by atoms with Crippen molar-refractivity contribution in [2.45, 2.75) is 26.4 Å². The van der Waals surface area contributed by atoms with E-state index in [9.17, 15) is 18.8 Å². The molecule has 10 heteroatoms. The van der Waals surface area contributed by atoms with Crippen molar-refractivity contribution in [3.63, 3.8) is 0 Å². The number of urea groups is 1. The minimum Gasteiger partial charge on any atom is -0.465 e. The van der Waals surface area contributed by atoms with Crippen molar-refractivity contribution in [3.8, 4) is 0 Å². The lowest BCUT2D eigenvalue weighted by atomic mass is 10.1. The second-order valence-electron chi connectivity index (χ2n) is 8.18. The second-order valence-corrected chi connectivity index (χ2v) is 9.08. The van der Waals surface area contributed by atoms with Gasteiger partial charge in [0, 0.05) is 37.6 Å². The number of aromatic nitrogens is 1. The van der Waals surface area contributed by atoms with Gasteiger partial charge in [-0.05, 0) is 49.1 Å². The van der Waals surface area contributed by atoms with Crippen LogP contribution in [0.1, 0.15) is 29.9 Å². The Hall–Kier alpha value is -3.40. The lowest BCUT2D eigenvalue weighted by molar-refractivity contribution is -0.141. The molecular weight excluding hydrogens is 459 g/mol. The summed E-state index contributed by atoms with van der Waals surface area (Å²) in [6.07, 6.45) is 0. The first-order chi connectivity index (χ1) is 16.4. The van der Waals surface area contributed by atoms with Crippen LogP contribution in [0.25, 0.3) is 10.2 Å². The number of carbonyl (C=O) groups is 3. The first kappa shape index (κ1) is 23.7. The van der Waals surface area contributed by atoms with Crippen LogP contribution in [-0.4, -0.2) is 71.1 Å². The predicted molar refractivity (Wildman–Crippen MR) is 127 cm³/mol. The number of hydrogen-bond donors (Lipinski definition) is 1. The molecule has 0 saturated carbocycles. The van der Waals surface area contributed by atoms with Gasteiger partial charge in [-0.15, -0.1) is 11.3 Å². The molecule has 0 aliphatic carbocycles. The molecule has 0 radical (unpaired) electrons. The summed E-state index contributed by atoms with van der Waals surface area (Å²) in [6.45, 7) is 5.22. The highest BCUT2D eigenvalue weighted by Crippen LogP contribution is 2.28. The van der Waals surface area contributed by atoms with Gasteiger partial charge in [-0.3, -0.25) is 9.59 Å². The number of thiophene rings is 1. The van der Waals surface area contributed by atoms with Gasteiger partial charge < -0.3 is 24.4 Å². The zero-order chi connectivity index (χ0) is 24.2. The highest BCUT2D eigenvalue weighted by atomic mass is 32.1. The Balaban J connectivity index is 1.46. The molecule has 1 saturated heterocycles. The molecule has 180 valence electrons. The van der Waals surface area contributed by atoms with E-state index in [0.717, 1.165) is 15.8 Å². The molecule has 1 fully saturated rings. The normalized spacial score (nSPS) is 16.0. The van der Waals surface area contributed by atoms with E-state index >= 15 is 0 Å². The monoisotopic (exact) mass is 486 g/mol. The molecular formula is C24H27FN4O4S. The zero-order valence-electron chi connectivity index (χ0n) is 19.1. The van der Waals surface area contributed by atoms with Crippen LogP contribution < -0.4 is 5.32 Å². The maximum atomic E-state index is 13.5. The predicted octanol–water partition coefficient (Wildman–Crippen LogP) is 3.31. The molecule has 2 aromatic heterocycles. The van der Waals surface area contributed by atoms with Gasteiger partial charge in [0.25, 0.3) is 5.91 Å². The number of ether oxygens (including phenoxy) is 1. The minimum absolute atomic E-state index is 0.107. The Bertz CT molecular complexity index is 1190. The molecule has 8 nitrogen and oxygen atoms in total. The van der Waals surface area contributed by atoms with E-state index in [2.05, 4.69) is 5.32 Å². The Morgan fingerprint density at radius 2 is 1.94 bits per heavy atom. The number of piperazine rings is 1. The molecule has 1 aromatic carbocycles. The molecule has 0 bridgehead atoms. The third-order valence-electron chi connectivity index (χ3n) is 5.84. The standard InChI is InChI=1S/C24H27FN4O4S/c1-3-33-21(30)13-26-24(32)28-10-9-27(14-16(28)2)22(31)20-12-18-8-11-34-23(18)29(20)15-17-4-6-19(25)7-5-17/h4-8,11-12,16H,3,9-10,13-15H2,1-2H3,(H,26,32). The van der Waals surface area contributed by atoms with E-state index in [-0.39, 0.29) is 36.9 Å². The van der Waals surface area contributed by atoms with Crippen molar-refractivity contribution < 1.29 is 23.5 Å². The van der Waals surface area contributed by atoms with Gasteiger partial charge in [0.2, 0.25) is 0 Å². The van der Waals surface area contributed by atoms with E-state index in [0.29, 0.717) is 31.9 Å². The van der Waals surface area contributed by atoms with E-state index in [4.69, 9.17) is 4.74 Å². The molecule has 1 unspecified atom stereocenters. The summed E-state index contributed by atoms with van der Waals surface area (Å²) in [5, 5.41) is 5.55. The van der Waals surface area contributed by atoms with Crippen molar-refractivity contribution in [2.75, 3.05) is 32.8 Å². The van der Waals surface area contributed by atoms with Crippen LogP contribution in [0.2, 0.25) is 0 Å². The summed E-state index contributed by atoms with van der Waals surface area (Å²) in [7, 11) is 0. The van der Waals surface area contributed by atoms with E-state index in [1.165, 1.54) is 12.1 Å². The van der Waals surface area contributed by atoms with Crippen LogP contribution in [0, 0.1) is 5.82 Å². The fourth-order valence-corrected chi connectivity index (χ4v) is 5.05. The summed E-state index contributed by atoms with van der Waals surface area (Å²) in [4.78, 5) is 41.9. The number of rotatable bonds is 6. The molecule has 1 N–H and O–H groups in total. The Labute approximate surface area is 200 Å².